The average molecular weight is 412 g/mol. The molecule has 1 atom stereocenters. The maximum absolute atomic E-state index is 12.3. The van der Waals surface area contributed by atoms with E-state index in [1.807, 2.05) is 42.5 Å². The van der Waals surface area contributed by atoms with Gasteiger partial charge in [-0.2, -0.15) is 0 Å². The summed E-state index contributed by atoms with van der Waals surface area (Å²) in [5.74, 6) is -1.88. The number of carboxylic acids is 1. The van der Waals surface area contributed by atoms with Crippen LogP contribution >= 0.6 is 11.6 Å². The van der Waals surface area contributed by atoms with E-state index in [0.717, 1.165) is 16.7 Å². The highest BCUT2D eigenvalue weighted by Crippen LogP contribution is 2.23. The number of aromatic nitrogens is 2. The Labute approximate surface area is 172 Å². The Kier molecular flexibility index (Phi) is 6.41. The SMILES string of the molecule is O=C(O)C[C@@H](Cc1ccc(-c2cccc(Cl)c2)cc1)NC(=O)c1ccc(O)nn1. The van der Waals surface area contributed by atoms with Gasteiger partial charge in [-0.15, -0.1) is 10.2 Å². The fourth-order valence-electron chi connectivity index (χ4n) is 2.88. The molecule has 0 saturated heterocycles. The molecular formula is C21H18ClN3O4. The molecule has 0 saturated carbocycles. The second-order valence-corrected chi connectivity index (χ2v) is 6.89. The van der Waals surface area contributed by atoms with Crippen molar-refractivity contribution in [2.75, 3.05) is 0 Å². The fraction of sp³-hybridized carbons (Fsp3) is 0.143. The van der Waals surface area contributed by atoms with Crippen LogP contribution in [0.25, 0.3) is 11.1 Å². The Bertz CT molecular complexity index is 1010. The normalized spacial score (nSPS) is 11.6. The number of benzene rings is 2. The van der Waals surface area contributed by atoms with Crippen molar-refractivity contribution in [3.63, 3.8) is 0 Å². The molecule has 0 radical (unpaired) electrons. The number of aromatic hydroxyl groups is 1. The van der Waals surface area contributed by atoms with Gasteiger partial charge in [0.2, 0.25) is 5.88 Å². The second-order valence-electron chi connectivity index (χ2n) is 6.46. The third kappa shape index (κ3) is 5.76. The number of rotatable bonds is 7. The lowest BCUT2D eigenvalue weighted by Gasteiger charge is -2.17. The third-order valence-corrected chi connectivity index (χ3v) is 4.47. The van der Waals surface area contributed by atoms with Crippen molar-refractivity contribution in [1.82, 2.24) is 15.5 Å². The van der Waals surface area contributed by atoms with Gasteiger partial charge in [0.1, 0.15) is 0 Å². The van der Waals surface area contributed by atoms with Crippen molar-refractivity contribution >= 4 is 23.5 Å². The molecule has 7 nitrogen and oxygen atoms in total. The van der Waals surface area contributed by atoms with E-state index in [-0.39, 0.29) is 18.0 Å². The topological polar surface area (TPSA) is 112 Å². The molecule has 3 N–H and O–H groups in total. The summed E-state index contributed by atoms with van der Waals surface area (Å²) >= 11 is 6.03. The molecule has 1 heterocycles. The van der Waals surface area contributed by atoms with Crippen LogP contribution in [0.1, 0.15) is 22.5 Å². The molecule has 0 fully saturated rings. The smallest absolute Gasteiger partial charge is 0.305 e. The molecule has 0 bridgehead atoms. The molecule has 1 aromatic heterocycles. The quantitative estimate of drug-likeness (QED) is 0.549. The first-order valence-electron chi connectivity index (χ1n) is 8.81. The Hall–Kier alpha value is -3.45. The molecule has 0 aliphatic heterocycles. The number of carbonyl (C=O) groups excluding carboxylic acids is 1. The average Bonchev–Trinajstić information content (AvgIpc) is 2.68. The lowest BCUT2D eigenvalue weighted by Crippen LogP contribution is -2.38. The highest BCUT2D eigenvalue weighted by atomic mass is 35.5. The van der Waals surface area contributed by atoms with Gasteiger partial charge in [-0.05, 0) is 41.3 Å². The molecule has 148 valence electrons. The largest absolute Gasteiger partial charge is 0.492 e. The Morgan fingerprint density at radius 1 is 1.00 bits per heavy atom. The number of carboxylic acid groups (broad SMARTS) is 1. The summed E-state index contributed by atoms with van der Waals surface area (Å²) in [6.07, 6.45) is 0.0900. The summed E-state index contributed by atoms with van der Waals surface area (Å²) in [6, 6.07) is 17.0. The first-order valence-corrected chi connectivity index (χ1v) is 9.19. The molecule has 1 amide bonds. The Morgan fingerprint density at radius 3 is 2.38 bits per heavy atom. The van der Waals surface area contributed by atoms with Crippen molar-refractivity contribution in [2.45, 2.75) is 18.9 Å². The van der Waals surface area contributed by atoms with E-state index in [2.05, 4.69) is 15.5 Å². The molecule has 3 rings (SSSR count). The first kappa shape index (κ1) is 20.3. The Morgan fingerprint density at radius 2 is 1.76 bits per heavy atom. The number of aliphatic carboxylic acids is 1. The zero-order valence-corrected chi connectivity index (χ0v) is 16.0. The standard InChI is InChI=1S/C21H18ClN3O4/c22-16-3-1-2-15(11-16)14-6-4-13(5-7-14)10-17(12-20(27)28)23-21(29)18-8-9-19(26)25-24-18/h1-9,11,17H,10,12H2,(H,23,29)(H,25,26)(H,27,28)/t17-/m1/s1. The lowest BCUT2D eigenvalue weighted by atomic mass is 9.99. The van der Waals surface area contributed by atoms with Crippen molar-refractivity contribution in [3.8, 4) is 17.0 Å². The summed E-state index contributed by atoms with van der Waals surface area (Å²) < 4.78 is 0. The molecule has 29 heavy (non-hydrogen) atoms. The van der Waals surface area contributed by atoms with E-state index in [0.29, 0.717) is 11.4 Å². The van der Waals surface area contributed by atoms with Crippen molar-refractivity contribution in [1.29, 1.82) is 0 Å². The van der Waals surface area contributed by atoms with Gasteiger partial charge in [0.05, 0.1) is 6.42 Å². The second kappa shape index (κ2) is 9.16. The number of amides is 1. The van der Waals surface area contributed by atoms with E-state index < -0.39 is 17.9 Å². The number of hydrogen-bond donors (Lipinski definition) is 3. The fourth-order valence-corrected chi connectivity index (χ4v) is 3.07. The van der Waals surface area contributed by atoms with Crippen LogP contribution in [0.3, 0.4) is 0 Å². The number of hydrogen-bond acceptors (Lipinski definition) is 5. The number of carbonyl (C=O) groups is 2. The number of nitrogens with one attached hydrogen (secondary N) is 1. The van der Waals surface area contributed by atoms with Crippen LogP contribution in [0.2, 0.25) is 5.02 Å². The van der Waals surface area contributed by atoms with E-state index in [4.69, 9.17) is 16.7 Å². The monoisotopic (exact) mass is 411 g/mol. The molecular weight excluding hydrogens is 394 g/mol. The molecule has 0 spiro atoms. The van der Waals surface area contributed by atoms with Crippen LogP contribution in [-0.4, -0.2) is 38.3 Å². The van der Waals surface area contributed by atoms with E-state index in [9.17, 15) is 14.7 Å². The van der Waals surface area contributed by atoms with Gasteiger partial charge in [0, 0.05) is 17.1 Å². The van der Waals surface area contributed by atoms with Crippen molar-refractivity contribution in [3.05, 3.63) is 76.9 Å². The minimum atomic E-state index is -1.03. The minimum Gasteiger partial charge on any atom is -0.492 e. The molecule has 3 aromatic rings. The summed E-state index contributed by atoms with van der Waals surface area (Å²) in [7, 11) is 0. The van der Waals surface area contributed by atoms with Gasteiger partial charge in [-0.3, -0.25) is 9.59 Å². The van der Waals surface area contributed by atoms with Crippen LogP contribution in [0.4, 0.5) is 0 Å². The summed E-state index contributed by atoms with van der Waals surface area (Å²) in [5, 5.41) is 28.7. The summed E-state index contributed by atoms with van der Waals surface area (Å²) in [5.41, 5.74) is 2.83. The molecule has 0 aliphatic carbocycles. The van der Waals surface area contributed by atoms with Crippen molar-refractivity contribution < 1.29 is 19.8 Å². The van der Waals surface area contributed by atoms with E-state index in [1.54, 1.807) is 6.07 Å². The predicted molar refractivity (Wildman–Crippen MR) is 108 cm³/mol. The van der Waals surface area contributed by atoms with Crippen molar-refractivity contribution in [2.24, 2.45) is 0 Å². The molecule has 0 aliphatic rings. The van der Waals surface area contributed by atoms with Crippen LogP contribution in [0.15, 0.2) is 60.7 Å². The lowest BCUT2D eigenvalue weighted by molar-refractivity contribution is -0.137. The highest BCUT2D eigenvalue weighted by Gasteiger charge is 2.19. The minimum absolute atomic E-state index is 0.00510. The van der Waals surface area contributed by atoms with Gasteiger partial charge in [-0.25, -0.2) is 0 Å². The van der Waals surface area contributed by atoms with Crippen LogP contribution in [0, 0.1) is 0 Å². The Balaban J connectivity index is 1.71. The maximum atomic E-state index is 12.3. The number of halogens is 1. The predicted octanol–water partition coefficient (Wildman–Crippen LogP) is 3.32. The van der Waals surface area contributed by atoms with Crippen LogP contribution < -0.4 is 5.32 Å². The van der Waals surface area contributed by atoms with Gasteiger partial charge >= 0.3 is 5.97 Å². The third-order valence-electron chi connectivity index (χ3n) is 4.23. The van der Waals surface area contributed by atoms with Crippen LogP contribution in [0.5, 0.6) is 5.88 Å². The number of nitrogens with zero attached hydrogens (tertiary/aromatic N) is 2. The summed E-state index contributed by atoms with van der Waals surface area (Å²) in [6.45, 7) is 0. The zero-order valence-electron chi connectivity index (χ0n) is 15.2. The van der Waals surface area contributed by atoms with Crippen LogP contribution in [-0.2, 0) is 11.2 Å². The van der Waals surface area contributed by atoms with E-state index >= 15 is 0 Å². The zero-order chi connectivity index (χ0) is 20.8. The molecule has 8 heteroatoms. The highest BCUT2D eigenvalue weighted by molar-refractivity contribution is 6.30. The van der Waals surface area contributed by atoms with Gasteiger partial charge in [0.25, 0.3) is 5.91 Å². The summed E-state index contributed by atoms with van der Waals surface area (Å²) in [4.78, 5) is 23.5. The van der Waals surface area contributed by atoms with Gasteiger partial charge in [-0.1, -0.05) is 48.0 Å². The van der Waals surface area contributed by atoms with Gasteiger partial charge in [0.15, 0.2) is 5.69 Å². The van der Waals surface area contributed by atoms with E-state index in [1.165, 1.54) is 12.1 Å². The maximum Gasteiger partial charge on any atom is 0.305 e. The molecule has 2 aromatic carbocycles. The first-order chi connectivity index (χ1) is 13.9. The van der Waals surface area contributed by atoms with Gasteiger partial charge < -0.3 is 15.5 Å². The molecule has 0 unspecified atom stereocenters.